The zero-order valence-electron chi connectivity index (χ0n) is 11.0. The van der Waals surface area contributed by atoms with Crippen LogP contribution in [0.4, 0.5) is 17.6 Å². The van der Waals surface area contributed by atoms with Gasteiger partial charge in [-0.2, -0.15) is 13.2 Å². The van der Waals surface area contributed by atoms with Crippen LogP contribution in [0.3, 0.4) is 0 Å². The fraction of sp³-hybridized carbons (Fsp3) is 0.800. The molecule has 1 heterocycles. The number of carbonyl (C=O) groups excluding carboxylic acids is 1. The average Bonchev–Trinajstić information content (AvgIpc) is 2.35. The van der Waals surface area contributed by atoms with Crippen LogP contribution in [-0.4, -0.2) is 73.1 Å². The number of carboxylic acids is 1. The molecule has 2 atom stereocenters. The molecule has 1 saturated heterocycles. The number of halogens is 5. The lowest BCUT2D eigenvalue weighted by Crippen LogP contribution is -2.46. The molecular weight excluding hydrogens is 324 g/mol. The fourth-order valence-electron chi connectivity index (χ4n) is 1.28. The van der Waals surface area contributed by atoms with E-state index in [0.717, 1.165) is 13.1 Å². The lowest BCUT2D eigenvalue weighted by Gasteiger charge is -2.30. The number of rotatable bonds is 3. The summed E-state index contributed by atoms with van der Waals surface area (Å²) in [6.07, 6.45) is -5.16. The Morgan fingerprint density at radius 2 is 2.05 bits per heavy atom. The van der Waals surface area contributed by atoms with Crippen molar-refractivity contribution in [3.63, 3.8) is 0 Å². The van der Waals surface area contributed by atoms with Gasteiger partial charge in [-0.3, -0.25) is 4.79 Å². The van der Waals surface area contributed by atoms with Crippen molar-refractivity contribution in [1.29, 1.82) is 0 Å². The number of nitrogens with one attached hydrogen (secondary N) is 1. The number of carboxylic acid groups (broad SMARTS) is 1. The van der Waals surface area contributed by atoms with Crippen LogP contribution in [0.1, 0.15) is 0 Å². The zero-order valence-corrected chi connectivity index (χ0v) is 11.7. The molecule has 0 spiro atoms. The minimum absolute atomic E-state index is 0.0758. The van der Waals surface area contributed by atoms with Crippen molar-refractivity contribution < 1.29 is 37.0 Å². The molecule has 1 aliphatic heterocycles. The summed E-state index contributed by atoms with van der Waals surface area (Å²) in [4.78, 5) is 21.8. The highest BCUT2D eigenvalue weighted by molar-refractivity contribution is 6.29. The van der Waals surface area contributed by atoms with Gasteiger partial charge in [-0.15, -0.1) is 0 Å². The van der Waals surface area contributed by atoms with Gasteiger partial charge in [0.1, 0.15) is 0 Å². The summed E-state index contributed by atoms with van der Waals surface area (Å²) in [5.74, 6) is -3.56. The molecule has 0 aromatic rings. The second-order valence-electron chi connectivity index (χ2n) is 4.10. The summed E-state index contributed by atoms with van der Waals surface area (Å²) >= 11 is 4.94. The number of ether oxygens (including phenoxy) is 1. The molecule has 1 amide bonds. The lowest BCUT2D eigenvalue weighted by atomic mass is 10.3. The number of amides is 1. The third-order valence-electron chi connectivity index (χ3n) is 2.29. The Hall–Kier alpha value is -1.13. The normalized spacial score (nSPS) is 21.0. The van der Waals surface area contributed by atoms with Crippen LogP contribution in [-0.2, 0) is 14.3 Å². The Labute approximate surface area is 123 Å². The van der Waals surface area contributed by atoms with E-state index in [4.69, 9.17) is 26.2 Å². The summed E-state index contributed by atoms with van der Waals surface area (Å²) in [5, 5.41) is 9.50. The molecular formula is C10H15ClF4N2O4. The number of hydrogen-bond acceptors (Lipinski definition) is 4. The topological polar surface area (TPSA) is 78.9 Å². The van der Waals surface area contributed by atoms with E-state index in [1.54, 1.807) is 0 Å². The van der Waals surface area contributed by atoms with E-state index in [9.17, 15) is 22.4 Å². The van der Waals surface area contributed by atoms with E-state index < -0.39 is 23.7 Å². The quantitative estimate of drug-likeness (QED) is 0.582. The SMILES string of the molecule is CN1CCOC(CNC(=O)C(F)Cl)C1.O=C(O)C(F)(F)F. The van der Waals surface area contributed by atoms with Gasteiger partial charge in [0.25, 0.3) is 11.5 Å². The first-order valence-corrected chi connectivity index (χ1v) is 6.13. The standard InChI is InChI=1S/C8H14ClFN2O2.C2HF3O2/c1-12-2-3-14-6(5-12)4-11-8(13)7(9)10;3-2(4,5)1(6)7/h6-7H,2-5H2,1H3,(H,11,13);(H,6,7). The van der Waals surface area contributed by atoms with Crippen LogP contribution in [0.15, 0.2) is 0 Å². The molecule has 1 aliphatic rings. The number of morpholine rings is 1. The number of nitrogens with zero attached hydrogens (tertiary/aromatic N) is 1. The third-order valence-corrected chi connectivity index (χ3v) is 2.48. The van der Waals surface area contributed by atoms with Crippen LogP contribution in [0.2, 0.25) is 0 Å². The summed E-state index contributed by atoms with van der Waals surface area (Å²) in [7, 11) is 1.97. The van der Waals surface area contributed by atoms with Crippen LogP contribution in [0.5, 0.6) is 0 Å². The molecule has 2 unspecified atom stereocenters. The number of alkyl halides is 5. The first kappa shape index (κ1) is 19.9. The van der Waals surface area contributed by atoms with E-state index in [2.05, 4.69) is 10.2 Å². The first-order valence-electron chi connectivity index (χ1n) is 5.70. The molecule has 0 aromatic heterocycles. The van der Waals surface area contributed by atoms with Gasteiger partial charge in [0, 0.05) is 19.6 Å². The van der Waals surface area contributed by atoms with Gasteiger partial charge in [-0.25, -0.2) is 9.18 Å². The molecule has 0 aromatic carbocycles. The summed E-state index contributed by atoms with van der Waals surface area (Å²) in [5.41, 5.74) is -1.98. The van der Waals surface area contributed by atoms with Crippen molar-refractivity contribution in [1.82, 2.24) is 10.2 Å². The van der Waals surface area contributed by atoms with E-state index in [0.29, 0.717) is 13.2 Å². The van der Waals surface area contributed by atoms with E-state index in [1.165, 1.54) is 0 Å². The molecule has 0 bridgehead atoms. The van der Waals surface area contributed by atoms with Crippen molar-refractivity contribution in [2.24, 2.45) is 0 Å². The maximum atomic E-state index is 12.2. The first-order chi connectivity index (χ1) is 9.54. The molecule has 1 fully saturated rings. The maximum absolute atomic E-state index is 12.2. The minimum atomic E-state index is -5.08. The predicted molar refractivity (Wildman–Crippen MR) is 64.7 cm³/mol. The predicted octanol–water partition coefficient (Wildman–Crippen LogP) is 0.601. The number of aliphatic carboxylic acids is 1. The molecule has 2 N–H and O–H groups in total. The summed E-state index contributed by atoms with van der Waals surface area (Å²) in [6, 6.07) is 0. The van der Waals surface area contributed by atoms with Crippen molar-refractivity contribution in [3.8, 4) is 0 Å². The van der Waals surface area contributed by atoms with E-state index in [1.807, 2.05) is 7.05 Å². The zero-order chi connectivity index (χ0) is 16.6. The smallest absolute Gasteiger partial charge is 0.475 e. The molecule has 0 saturated carbocycles. The molecule has 6 nitrogen and oxygen atoms in total. The van der Waals surface area contributed by atoms with Gasteiger partial charge >= 0.3 is 12.1 Å². The second kappa shape index (κ2) is 9.00. The van der Waals surface area contributed by atoms with E-state index >= 15 is 0 Å². The van der Waals surface area contributed by atoms with Crippen molar-refractivity contribution in [3.05, 3.63) is 0 Å². The highest BCUT2D eigenvalue weighted by atomic mass is 35.5. The van der Waals surface area contributed by atoms with Gasteiger partial charge in [-0.1, -0.05) is 11.6 Å². The molecule has 11 heteroatoms. The molecule has 1 rings (SSSR count). The van der Waals surface area contributed by atoms with Crippen LogP contribution in [0, 0.1) is 0 Å². The Bertz CT molecular complexity index is 354. The number of carbonyl (C=O) groups is 2. The van der Waals surface area contributed by atoms with Gasteiger partial charge < -0.3 is 20.1 Å². The molecule has 124 valence electrons. The molecule has 0 aliphatic carbocycles. The Balaban J connectivity index is 0.000000486. The number of likely N-dealkylation sites (N-methyl/N-ethyl adjacent to an activating group) is 1. The highest BCUT2D eigenvalue weighted by Gasteiger charge is 2.38. The lowest BCUT2D eigenvalue weighted by molar-refractivity contribution is -0.192. The van der Waals surface area contributed by atoms with Gasteiger partial charge in [-0.05, 0) is 7.05 Å². The largest absolute Gasteiger partial charge is 0.490 e. The van der Waals surface area contributed by atoms with Gasteiger partial charge in [0.15, 0.2) is 0 Å². The Kier molecular flexibility index (Phi) is 8.52. The summed E-state index contributed by atoms with van der Waals surface area (Å²) < 4.78 is 49.3. The van der Waals surface area contributed by atoms with Crippen molar-refractivity contribution >= 4 is 23.5 Å². The van der Waals surface area contributed by atoms with Gasteiger partial charge in [0.2, 0.25) is 0 Å². The Morgan fingerprint density at radius 3 is 2.43 bits per heavy atom. The number of hydrogen-bond donors (Lipinski definition) is 2. The van der Waals surface area contributed by atoms with Crippen LogP contribution in [0.25, 0.3) is 0 Å². The summed E-state index contributed by atoms with van der Waals surface area (Å²) in [6.45, 7) is 2.55. The third kappa shape index (κ3) is 9.43. The maximum Gasteiger partial charge on any atom is 0.490 e. The average molecular weight is 339 g/mol. The molecule has 0 radical (unpaired) electrons. The van der Waals surface area contributed by atoms with Crippen molar-refractivity contribution in [2.45, 2.75) is 17.9 Å². The van der Waals surface area contributed by atoms with Crippen LogP contribution < -0.4 is 5.32 Å². The molecule has 21 heavy (non-hydrogen) atoms. The second-order valence-corrected chi connectivity index (χ2v) is 4.49. The van der Waals surface area contributed by atoms with Crippen molar-refractivity contribution in [2.75, 3.05) is 33.3 Å². The Morgan fingerprint density at radius 1 is 1.52 bits per heavy atom. The minimum Gasteiger partial charge on any atom is -0.475 e. The monoisotopic (exact) mass is 338 g/mol. The van der Waals surface area contributed by atoms with Gasteiger partial charge in [0.05, 0.1) is 12.7 Å². The highest BCUT2D eigenvalue weighted by Crippen LogP contribution is 2.13. The fourth-order valence-corrected chi connectivity index (χ4v) is 1.36. The van der Waals surface area contributed by atoms with E-state index in [-0.39, 0.29) is 6.10 Å². The van der Waals surface area contributed by atoms with Crippen LogP contribution >= 0.6 is 11.6 Å².